The monoisotopic (exact) mass is 342 g/mol. The predicted molar refractivity (Wildman–Crippen MR) is 94.3 cm³/mol. The molecule has 0 unspecified atom stereocenters. The van der Waals surface area contributed by atoms with Crippen LogP contribution in [0, 0.1) is 13.8 Å². The molecule has 0 aliphatic heterocycles. The SMILES string of the molecule is COc1ccc(C(=O)[C@@H](C)OC(=O)COc2ccc(C)cc2C)cc1. The summed E-state index contributed by atoms with van der Waals surface area (Å²) >= 11 is 0. The van der Waals surface area contributed by atoms with Crippen LogP contribution in [0.4, 0.5) is 0 Å². The molecule has 5 nitrogen and oxygen atoms in total. The van der Waals surface area contributed by atoms with Gasteiger partial charge in [-0.3, -0.25) is 4.79 Å². The Balaban J connectivity index is 1.89. The lowest BCUT2D eigenvalue weighted by Gasteiger charge is -2.14. The van der Waals surface area contributed by atoms with E-state index in [1.54, 1.807) is 38.3 Å². The van der Waals surface area contributed by atoms with Gasteiger partial charge in [0.05, 0.1) is 7.11 Å². The minimum absolute atomic E-state index is 0.246. The number of aryl methyl sites for hydroxylation is 2. The first-order chi connectivity index (χ1) is 11.9. The molecule has 25 heavy (non-hydrogen) atoms. The number of hydrogen-bond acceptors (Lipinski definition) is 5. The van der Waals surface area contributed by atoms with Gasteiger partial charge in [0, 0.05) is 5.56 Å². The molecule has 0 bridgehead atoms. The normalized spacial score (nSPS) is 11.5. The third-order valence-electron chi connectivity index (χ3n) is 3.73. The van der Waals surface area contributed by atoms with Crippen LogP contribution < -0.4 is 9.47 Å². The van der Waals surface area contributed by atoms with Crippen molar-refractivity contribution in [1.82, 2.24) is 0 Å². The van der Waals surface area contributed by atoms with E-state index in [-0.39, 0.29) is 12.4 Å². The smallest absolute Gasteiger partial charge is 0.344 e. The Hall–Kier alpha value is -2.82. The molecule has 0 saturated carbocycles. The standard InChI is InChI=1S/C20H22O5/c1-13-5-10-18(14(2)11-13)24-12-19(21)25-15(3)20(22)16-6-8-17(23-4)9-7-16/h5-11,15H,12H2,1-4H3/t15-/m1/s1. The maximum Gasteiger partial charge on any atom is 0.344 e. The third-order valence-corrected chi connectivity index (χ3v) is 3.73. The highest BCUT2D eigenvalue weighted by Crippen LogP contribution is 2.19. The zero-order valence-electron chi connectivity index (χ0n) is 14.9. The van der Waals surface area contributed by atoms with Gasteiger partial charge in [0.15, 0.2) is 12.7 Å². The molecule has 2 aromatic rings. The summed E-state index contributed by atoms with van der Waals surface area (Å²) in [6, 6.07) is 12.3. The van der Waals surface area contributed by atoms with E-state index >= 15 is 0 Å². The number of ketones is 1. The lowest BCUT2D eigenvalue weighted by Crippen LogP contribution is -2.27. The lowest BCUT2D eigenvalue weighted by atomic mass is 10.1. The van der Waals surface area contributed by atoms with Crippen LogP contribution in [0.5, 0.6) is 11.5 Å². The lowest BCUT2D eigenvalue weighted by molar-refractivity contribution is -0.148. The van der Waals surface area contributed by atoms with E-state index < -0.39 is 12.1 Å². The van der Waals surface area contributed by atoms with Crippen molar-refractivity contribution in [3.8, 4) is 11.5 Å². The third kappa shape index (κ3) is 5.08. The molecular formula is C20H22O5. The van der Waals surface area contributed by atoms with Gasteiger partial charge in [-0.05, 0) is 56.7 Å². The fourth-order valence-corrected chi connectivity index (χ4v) is 2.37. The summed E-state index contributed by atoms with van der Waals surface area (Å²) in [6.07, 6.45) is -0.886. The number of Topliss-reactive ketones (excluding diaryl/α,β-unsaturated/α-hetero) is 1. The summed E-state index contributed by atoms with van der Waals surface area (Å²) < 4.78 is 15.7. The van der Waals surface area contributed by atoms with Crippen LogP contribution in [0.15, 0.2) is 42.5 Å². The fraction of sp³-hybridized carbons (Fsp3) is 0.300. The highest BCUT2D eigenvalue weighted by atomic mass is 16.6. The number of methoxy groups -OCH3 is 1. The van der Waals surface area contributed by atoms with E-state index in [2.05, 4.69) is 0 Å². The van der Waals surface area contributed by atoms with Gasteiger partial charge in [-0.1, -0.05) is 17.7 Å². The molecule has 0 fully saturated rings. The van der Waals surface area contributed by atoms with Gasteiger partial charge >= 0.3 is 5.97 Å². The second kappa shape index (κ2) is 8.33. The van der Waals surface area contributed by atoms with E-state index in [1.165, 1.54) is 0 Å². The number of ether oxygens (including phenoxy) is 3. The first-order valence-electron chi connectivity index (χ1n) is 7.98. The Morgan fingerprint density at radius 1 is 1.04 bits per heavy atom. The molecule has 2 aromatic carbocycles. The Kier molecular flexibility index (Phi) is 6.17. The quantitative estimate of drug-likeness (QED) is 0.569. The van der Waals surface area contributed by atoms with Gasteiger partial charge < -0.3 is 14.2 Å². The molecule has 5 heteroatoms. The highest BCUT2D eigenvalue weighted by Gasteiger charge is 2.20. The molecule has 0 amide bonds. The molecule has 0 aliphatic rings. The van der Waals surface area contributed by atoms with Gasteiger partial charge in [-0.15, -0.1) is 0 Å². The largest absolute Gasteiger partial charge is 0.497 e. The van der Waals surface area contributed by atoms with Crippen molar-refractivity contribution >= 4 is 11.8 Å². The van der Waals surface area contributed by atoms with E-state index in [0.29, 0.717) is 17.1 Å². The minimum atomic E-state index is -0.886. The Morgan fingerprint density at radius 3 is 2.32 bits per heavy atom. The Labute approximate surface area is 147 Å². The maximum absolute atomic E-state index is 12.3. The van der Waals surface area contributed by atoms with Crippen LogP contribution in [-0.4, -0.2) is 31.6 Å². The second-order valence-corrected chi connectivity index (χ2v) is 5.78. The molecule has 0 N–H and O–H groups in total. The van der Waals surface area contributed by atoms with Gasteiger partial charge in [0.25, 0.3) is 0 Å². The van der Waals surface area contributed by atoms with Crippen LogP contribution in [-0.2, 0) is 9.53 Å². The topological polar surface area (TPSA) is 61.8 Å². The number of carbonyl (C=O) groups is 2. The van der Waals surface area contributed by atoms with Crippen LogP contribution in [0.3, 0.4) is 0 Å². The van der Waals surface area contributed by atoms with Crippen molar-refractivity contribution in [2.45, 2.75) is 26.9 Å². The fourth-order valence-electron chi connectivity index (χ4n) is 2.37. The molecular weight excluding hydrogens is 320 g/mol. The van der Waals surface area contributed by atoms with Crippen LogP contribution in [0.2, 0.25) is 0 Å². The molecule has 132 valence electrons. The molecule has 0 aliphatic carbocycles. The molecule has 0 aromatic heterocycles. The summed E-state index contributed by atoms with van der Waals surface area (Å²) in [5.41, 5.74) is 2.51. The van der Waals surface area contributed by atoms with E-state index in [0.717, 1.165) is 11.1 Å². The van der Waals surface area contributed by atoms with Gasteiger partial charge in [0.1, 0.15) is 11.5 Å². The first kappa shape index (κ1) is 18.5. The number of rotatable bonds is 7. The zero-order valence-corrected chi connectivity index (χ0v) is 14.9. The van der Waals surface area contributed by atoms with Gasteiger partial charge in [-0.25, -0.2) is 4.79 Å². The highest BCUT2D eigenvalue weighted by molar-refractivity contribution is 6.00. The van der Waals surface area contributed by atoms with Crippen molar-refractivity contribution in [2.75, 3.05) is 13.7 Å². The molecule has 2 rings (SSSR count). The minimum Gasteiger partial charge on any atom is -0.497 e. The number of esters is 1. The Bertz CT molecular complexity index is 749. The van der Waals surface area contributed by atoms with Crippen molar-refractivity contribution in [2.24, 2.45) is 0 Å². The molecule has 0 radical (unpaired) electrons. The van der Waals surface area contributed by atoms with Gasteiger partial charge in [-0.2, -0.15) is 0 Å². The summed E-state index contributed by atoms with van der Waals surface area (Å²) in [4.78, 5) is 24.2. The molecule has 1 atom stereocenters. The van der Waals surface area contributed by atoms with Crippen LogP contribution in [0.25, 0.3) is 0 Å². The van der Waals surface area contributed by atoms with Gasteiger partial charge in [0.2, 0.25) is 5.78 Å². The van der Waals surface area contributed by atoms with Crippen LogP contribution >= 0.6 is 0 Å². The van der Waals surface area contributed by atoms with Crippen molar-refractivity contribution in [3.63, 3.8) is 0 Å². The zero-order chi connectivity index (χ0) is 18.4. The molecule has 0 saturated heterocycles. The number of carbonyl (C=O) groups excluding carboxylic acids is 2. The van der Waals surface area contributed by atoms with Crippen LogP contribution in [0.1, 0.15) is 28.4 Å². The maximum atomic E-state index is 12.3. The average molecular weight is 342 g/mol. The first-order valence-corrected chi connectivity index (χ1v) is 7.98. The van der Waals surface area contributed by atoms with Crippen molar-refractivity contribution in [3.05, 3.63) is 59.2 Å². The number of hydrogen-bond donors (Lipinski definition) is 0. The number of benzene rings is 2. The van der Waals surface area contributed by atoms with Crippen molar-refractivity contribution < 1.29 is 23.8 Å². The predicted octanol–water partition coefficient (Wildman–Crippen LogP) is 3.51. The Morgan fingerprint density at radius 2 is 1.72 bits per heavy atom. The summed E-state index contributed by atoms with van der Waals surface area (Å²) in [6.45, 7) is 5.19. The van der Waals surface area contributed by atoms with Crippen molar-refractivity contribution in [1.29, 1.82) is 0 Å². The average Bonchev–Trinajstić information content (AvgIpc) is 2.60. The van der Waals surface area contributed by atoms with E-state index in [4.69, 9.17) is 14.2 Å². The molecule has 0 spiro atoms. The van der Waals surface area contributed by atoms with E-state index in [1.807, 2.05) is 32.0 Å². The van der Waals surface area contributed by atoms with E-state index in [9.17, 15) is 9.59 Å². The summed E-state index contributed by atoms with van der Waals surface area (Å²) in [5.74, 6) is 0.414. The second-order valence-electron chi connectivity index (χ2n) is 5.78. The molecule has 0 heterocycles. The summed E-state index contributed by atoms with van der Waals surface area (Å²) in [7, 11) is 1.55. The summed E-state index contributed by atoms with van der Waals surface area (Å²) in [5, 5.41) is 0.